The van der Waals surface area contributed by atoms with Crippen molar-refractivity contribution >= 4 is 36.6 Å². The molecule has 0 radical (unpaired) electrons. The zero-order chi connectivity index (χ0) is 17.4. The molecule has 1 aromatic carbocycles. The van der Waals surface area contributed by atoms with Crippen LogP contribution in [0.1, 0.15) is 28.9 Å². The number of amides is 2. The highest BCUT2D eigenvalue weighted by Crippen LogP contribution is 2.18. The van der Waals surface area contributed by atoms with Gasteiger partial charge in [-0.05, 0) is 17.7 Å². The number of hydrogen-bond acceptors (Lipinski definition) is 4. The summed E-state index contributed by atoms with van der Waals surface area (Å²) < 4.78 is 0. The van der Waals surface area contributed by atoms with E-state index in [1.165, 1.54) is 6.20 Å². The average molecular weight is 399 g/mol. The highest BCUT2D eigenvalue weighted by Gasteiger charge is 2.21. The van der Waals surface area contributed by atoms with Gasteiger partial charge in [0, 0.05) is 31.5 Å². The van der Waals surface area contributed by atoms with E-state index < -0.39 is 0 Å². The van der Waals surface area contributed by atoms with Crippen LogP contribution in [-0.4, -0.2) is 29.9 Å². The van der Waals surface area contributed by atoms with Crippen molar-refractivity contribution in [2.24, 2.45) is 11.7 Å². The van der Waals surface area contributed by atoms with Crippen LogP contribution in [-0.2, 0) is 4.79 Å². The van der Waals surface area contributed by atoms with Crippen LogP contribution >= 0.6 is 24.8 Å². The standard InChI is InChI=1S/C18H22N4O2.2ClH/c1-13(16(19)14-6-3-2-4-7-14)17(23)21-10-11-22-18(24)15-8-5-9-20-12-15;;/h2-9,12-13,16H,10-11,19H2,1H3,(H,21,23)(H,22,24);2*1H. The molecule has 26 heavy (non-hydrogen) atoms. The van der Waals surface area contributed by atoms with Crippen molar-refractivity contribution in [3.63, 3.8) is 0 Å². The van der Waals surface area contributed by atoms with Gasteiger partial charge in [-0.15, -0.1) is 24.8 Å². The minimum atomic E-state index is -0.365. The number of halogens is 2. The molecule has 1 heterocycles. The van der Waals surface area contributed by atoms with Crippen LogP contribution in [0.15, 0.2) is 54.9 Å². The largest absolute Gasteiger partial charge is 0.354 e. The molecule has 2 aromatic rings. The van der Waals surface area contributed by atoms with Gasteiger partial charge in [0.1, 0.15) is 0 Å². The third kappa shape index (κ3) is 7.00. The molecule has 8 heteroatoms. The Morgan fingerprint density at radius 2 is 1.69 bits per heavy atom. The number of aromatic nitrogens is 1. The van der Waals surface area contributed by atoms with Gasteiger partial charge in [0.05, 0.1) is 11.5 Å². The summed E-state index contributed by atoms with van der Waals surface area (Å²) in [6, 6.07) is 12.5. The van der Waals surface area contributed by atoms with Gasteiger partial charge in [-0.25, -0.2) is 0 Å². The zero-order valence-electron chi connectivity index (χ0n) is 14.4. The minimum Gasteiger partial charge on any atom is -0.354 e. The summed E-state index contributed by atoms with van der Waals surface area (Å²) in [7, 11) is 0. The molecule has 0 spiro atoms. The van der Waals surface area contributed by atoms with E-state index in [0.717, 1.165) is 5.56 Å². The first kappa shape index (κ1) is 23.9. The Labute approximate surface area is 165 Å². The summed E-state index contributed by atoms with van der Waals surface area (Å²) in [5.41, 5.74) is 7.54. The summed E-state index contributed by atoms with van der Waals surface area (Å²) in [4.78, 5) is 27.9. The maximum Gasteiger partial charge on any atom is 0.252 e. The zero-order valence-corrected chi connectivity index (χ0v) is 16.1. The van der Waals surface area contributed by atoms with Crippen molar-refractivity contribution in [3.05, 3.63) is 66.0 Å². The van der Waals surface area contributed by atoms with E-state index in [9.17, 15) is 9.59 Å². The number of nitrogens with one attached hydrogen (secondary N) is 2. The van der Waals surface area contributed by atoms with Crippen LogP contribution < -0.4 is 16.4 Å². The molecule has 4 N–H and O–H groups in total. The maximum absolute atomic E-state index is 12.2. The Hall–Kier alpha value is -2.15. The topological polar surface area (TPSA) is 97.1 Å². The van der Waals surface area contributed by atoms with Crippen LogP contribution in [0.2, 0.25) is 0 Å². The Morgan fingerprint density at radius 3 is 2.31 bits per heavy atom. The van der Waals surface area contributed by atoms with E-state index in [4.69, 9.17) is 5.73 Å². The van der Waals surface area contributed by atoms with Crippen LogP contribution in [0, 0.1) is 5.92 Å². The molecule has 2 atom stereocenters. The molecule has 0 bridgehead atoms. The third-order valence-electron chi connectivity index (χ3n) is 3.77. The molecular formula is C18H24Cl2N4O2. The van der Waals surface area contributed by atoms with E-state index in [1.54, 1.807) is 25.3 Å². The van der Waals surface area contributed by atoms with Crippen molar-refractivity contribution in [1.29, 1.82) is 0 Å². The van der Waals surface area contributed by atoms with Gasteiger partial charge in [0.25, 0.3) is 5.91 Å². The lowest BCUT2D eigenvalue weighted by molar-refractivity contribution is -0.125. The lowest BCUT2D eigenvalue weighted by Crippen LogP contribution is -2.39. The molecular weight excluding hydrogens is 375 g/mol. The number of hydrogen-bond donors (Lipinski definition) is 3. The first-order valence-electron chi connectivity index (χ1n) is 7.86. The molecule has 142 valence electrons. The number of carbonyl (C=O) groups is 2. The summed E-state index contributed by atoms with van der Waals surface area (Å²) in [5, 5.41) is 5.52. The lowest BCUT2D eigenvalue weighted by atomic mass is 9.95. The van der Waals surface area contributed by atoms with Gasteiger partial charge >= 0.3 is 0 Å². The van der Waals surface area contributed by atoms with Crippen LogP contribution in [0.4, 0.5) is 0 Å². The van der Waals surface area contributed by atoms with Gasteiger partial charge in [-0.2, -0.15) is 0 Å². The van der Waals surface area contributed by atoms with Crippen molar-refractivity contribution in [2.45, 2.75) is 13.0 Å². The second kappa shape index (κ2) is 12.2. The number of benzene rings is 1. The van der Waals surface area contributed by atoms with Gasteiger partial charge in [-0.1, -0.05) is 37.3 Å². The highest BCUT2D eigenvalue weighted by atomic mass is 35.5. The average Bonchev–Trinajstić information content (AvgIpc) is 2.65. The predicted octanol–water partition coefficient (Wildman–Crippen LogP) is 2.11. The molecule has 0 aliphatic rings. The molecule has 0 saturated carbocycles. The fourth-order valence-electron chi connectivity index (χ4n) is 2.25. The van der Waals surface area contributed by atoms with Crippen molar-refractivity contribution in [2.75, 3.05) is 13.1 Å². The van der Waals surface area contributed by atoms with Crippen molar-refractivity contribution in [1.82, 2.24) is 15.6 Å². The number of nitrogens with zero attached hydrogens (tertiary/aromatic N) is 1. The van der Waals surface area contributed by atoms with E-state index in [0.29, 0.717) is 18.7 Å². The fourth-order valence-corrected chi connectivity index (χ4v) is 2.25. The summed E-state index contributed by atoms with van der Waals surface area (Å²) in [6.45, 7) is 2.48. The van der Waals surface area contributed by atoms with Crippen LogP contribution in [0.25, 0.3) is 0 Å². The molecule has 2 unspecified atom stereocenters. The second-order valence-electron chi connectivity index (χ2n) is 5.51. The van der Waals surface area contributed by atoms with Gasteiger partial charge in [0.2, 0.25) is 5.91 Å². The van der Waals surface area contributed by atoms with Crippen molar-refractivity contribution < 1.29 is 9.59 Å². The lowest BCUT2D eigenvalue weighted by Gasteiger charge is -2.19. The fraction of sp³-hybridized carbons (Fsp3) is 0.278. The van der Waals surface area contributed by atoms with E-state index in [-0.39, 0.29) is 48.6 Å². The van der Waals surface area contributed by atoms with E-state index >= 15 is 0 Å². The third-order valence-corrected chi connectivity index (χ3v) is 3.77. The number of carbonyl (C=O) groups excluding carboxylic acids is 2. The SMILES string of the molecule is CC(C(=O)NCCNC(=O)c1cccnc1)C(N)c1ccccc1.Cl.Cl. The molecule has 2 amide bonds. The maximum atomic E-state index is 12.2. The predicted molar refractivity (Wildman–Crippen MR) is 107 cm³/mol. The summed E-state index contributed by atoms with van der Waals surface area (Å²) >= 11 is 0. The van der Waals surface area contributed by atoms with Gasteiger partial charge in [0.15, 0.2) is 0 Å². The van der Waals surface area contributed by atoms with Gasteiger partial charge in [-0.3, -0.25) is 14.6 Å². The summed E-state index contributed by atoms with van der Waals surface area (Å²) in [6.07, 6.45) is 3.10. The van der Waals surface area contributed by atoms with Gasteiger partial charge < -0.3 is 16.4 Å². The molecule has 0 aliphatic carbocycles. The molecule has 0 saturated heterocycles. The molecule has 1 aromatic heterocycles. The Kier molecular flexibility index (Phi) is 11.2. The number of rotatable bonds is 7. The monoisotopic (exact) mass is 398 g/mol. The normalized spacial score (nSPS) is 11.9. The molecule has 0 fully saturated rings. The first-order valence-corrected chi connectivity index (χ1v) is 7.86. The Morgan fingerprint density at radius 1 is 1.04 bits per heavy atom. The highest BCUT2D eigenvalue weighted by molar-refractivity contribution is 5.93. The van der Waals surface area contributed by atoms with E-state index in [2.05, 4.69) is 15.6 Å². The quantitative estimate of drug-likeness (QED) is 0.622. The smallest absolute Gasteiger partial charge is 0.252 e. The van der Waals surface area contributed by atoms with E-state index in [1.807, 2.05) is 30.3 Å². The summed E-state index contributed by atoms with van der Waals surface area (Å²) in [5.74, 6) is -0.713. The first-order chi connectivity index (χ1) is 11.6. The molecule has 2 rings (SSSR count). The Bertz CT molecular complexity index is 671. The molecule has 0 aliphatic heterocycles. The number of nitrogens with two attached hydrogens (primary N) is 1. The Balaban J connectivity index is 0.00000312. The van der Waals surface area contributed by atoms with Crippen molar-refractivity contribution in [3.8, 4) is 0 Å². The molecule has 6 nitrogen and oxygen atoms in total. The van der Waals surface area contributed by atoms with Crippen LogP contribution in [0.3, 0.4) is 0 Å². The van der Waals surface area contributed by atoms with Crippen LogP contribution in [0.5, 0.6) is 0 Å². The minimum absolute atomic E-state index is 0. The second-order valence-corrected chi connectivity index (χ2v) is 5.51. The number of pyridine rings is 1.